The van der Waals surface area contributed by atoms with Crippen LogP contribution in [0.1, 0.15) is 44.6 Å². The molecule has 2 atom stereocenters. The lowest BCUT2D eigenvalue weighted by atomic mass is 9.61. The fourth-order valence-corrected chi connectivity index (χ4v) is 4.96. The van der Waals surface area contributed by atoms with Crippen LogP contribution in [-0.4, -0.2) is 21.8 Å². The Morgan fingerprint density at radius 2 is 2.09 bits per heavy atom. The van der Waals surface area contributed by atoms with Crippen molar-refractivity contribution in [2.75, 3.05) is 6.61 Å². The van der Waals surface area contributed by atoms with Crippen LogP contribution in [0.25, 0.3) is 11.0 Å². The highest BCUT2D eigenvalue weighted by atomic mass is 16.6. The molecule has 1 aromatic carbocycles. The lowest BCUT2D eigenvalue weighted by molar-refractivity contribution is 0.0219. The highest BCUT2D eigenvalue weighted by molar-refractivity contribution is 5.77. The number of imidazole rings is 1. The number of nitriles is 1. The maximum absolute atomic E-state index is 9.17. The van der Waals surface area contributed by atoms with E-state index in [1.165, 1.54) is 25.7 Å². The Morgan fingerprint density at radius 1 is 1.30 bits per heavy atom. The van der Waals surface area contributed by atoms with Crippen LogP contribution in [0.4, 0.5) is 0 Å². The van der Waals surface area contributed by atoms with Gasteiger partial charge >= 0.3 is 0 Å². The van der Waals surface area contributed by atoms with Crippen molar-refractivity contribution in [2.24, 2.45) is 10.8 Å². The van der Waals surface area contributed by atoms with Gasteiger partial charge in [0.05, 0.1) is 41.2 Å². The second kappa shape index (κ2) is 4.15. The fourth-order valence-electron chi connectivity index (χ4n) is 4.96. The van der Waals surface area contributed by atoms with Crippen molar-refractivity contribution in [2.45, 2.75) is 51.2 Å². The van der Waals surface area contributed by atoms with Crippen molar-refractivity contribution in [3.8, 4) is 6.07 Å². The van der Waals surface area contributed by atoms with E-state index in [0.29, 0.717) is 11.0 Å². The quantitative estimate of drug-likeness (QED) is 0.796. The molecule has 23 heavy (non-hydrogen) atoms. The van der Waals surface area contributed by atoms with Crippen LogP contribution in [-0.2, 0) is 11.3 Å². The number of benzene rings is 1. The second-order valence-corrected chi connectivity index (χ2v) is 8.18. The molecule has 2 aromatic rings. The van der Waals surface area contributed by atoms with Crippen molar-refractivity contribution in [1.82, 2.24) is 9.55 Å². The zero-order valence-corrected chi connectivity index (χ0v) is 13.5. The molecule has 0 unspecified atom stereocenters. The minimum absolute atomic E-state index is 0.177. The molecule has 2 saturated carbocycles. The predicted molar refractivity (Wildman–Crippen MR) is 86.8 cm³/mol. The summed E-state index contributed by atoms with van der Waals surface area (Å²) in [5, 5.41) is 9.17. The second-order valence-electron chi connectivity index (χ2n) is 8.18. The van der Waals surface area contributed by atoms with Gasteiger partial charge in [-0.2, -0.15) is 5.26 Å². The first-order valence-corrected chi connectivity index (χ1v) is 8.56. The normalized spacial score (nSPS) is 33.9. The van der Waals surface area contributed by atoms with Crippen molar-refractivity contribution >= 4 is 11.0 Å². The van der Waals surface area contributed by atoms with E-state index in [4.69, 9.17) is 4.74 Å². The highest BCUT2D eigenvalue weighted by Gasteiger charge is 2.65. The van der Waals surface area contributed by atoms with Gasteiger partial charge in [0.15, 0.2) is 0 Å². The molecule has 5 rings (SSSR count). The molecule has 1 saturated heterocycles. The first kappa shape index (κ1) is 13.6. The summed E-state index contributed by atoms with van der Waals surface area (Å²) in [6.07, 6.45) is 8.37. The van der Waals surface area contributed by atoms with E-state index in [-0.39, 0.29) is 11.0 Å². The molecule has 2 spiro atoms. The van der Waals surface area contributed by atoms with Crippen molar-refractivity contribution in [3.05, 3.63) is 30.1 Å². The van der Waals surface area contributed by atoms with E-state index < -0.39 is 0 Å². The van der Waals surface area contributed by atoms with E-state index in [2.05, 4.69) is 22.5 Å². The fraction of sp³-hybridized carbons (Fsp3) is 0.579. The van der Waals surface area contributed by atoms with Gasteiger partial charge in [0.25, 0.3) is 0 Å². The van der Waals surface area contributed by atoms with Gasteiger partial charge in [-0.1, -0.05) is 6.92 Å². The Hall–Kier alpha value is -1.86. The number of nitrogens with zero attached hydrogens (tertiary/aromatic N) is 3. The summed E-state index contributed by atoms with van der Waals surface area (Å²) in [5.41, 5.74) is 3.71. The van der Waals surface area contributed by atoms with Gasteiger partial charge in [-0.15, -0.1) is 0 Å². The molecule has 0 amide bonds. The first-order valence-electron chi connectivity index (χ1n) is 8.56. The van der Waals surface area contributed by atoms with E-state index >= 15 is 0 Å². The molecule has 3 fully saturated rings. The number of epoxide rings is 1. The average Bonchev–Trinajstić information content (AvgIpc) is 3.45. The molecule has 2 aliphatic carbocycles. The predicted octanol–water partition coefficient (Wildman–Crippen LogP) is 3.65. The van der Waals surface area contributed by atoms with Crippen molar-refractivity contribution in [3.63, 3.8) is 0 Å². The lowest BCUT2D eigenvalue weighted by Gasteiger charge is -2.45. The number of fused-ring (bicyclic) bond motifs is 1. The maximum atomic E-state index is 9.17. The van der Waals surface area contributed by atoms with Crippen LogP contribution in [0.15, 0.2) is 24.5 Å². The minimum atomic E-state index is 0.177. The van der Waals surface area contributed by atoms with Crippen LogP contribution < -0.4 is 0 Å². The summed E-state index contributed by atoms with van der Waals surface area (Å²) < 4.78 is 8.09. The Kier molecular flexibility index (Phi) is 2.45. The number of rotatable bonds is 2. The largest absolute Gasteiger partial charge is 0.370 e. The SMILES string of the molecule is C[C@@]1(Cn2cnc3ccc(C#N)cc32)C[C@@]2(CCC13CC3)CO2. The third-order valence-corrected chi connectivity index (χ3v) is 6.73. The molecule has 1 aromatic heterocycles. The van der Waals surface area contributed by atoms with Crippen LogP contribution >= 0.6 is 0 Å². The van der Waals surface area contributed by atoms with E-state index in [1.54, 1.807) is 0 Å². The molecular weight excluding hydrogens is 286 g/mol. The maximum Gasteiger partial charge on any atom is 0.0992 e. The minimum Gasteiger partial charge on any atom is -0.370 e. The van der Waals surface area contributed by atoms with Crippen LogP contribution in [0, 0.1) is 22.2 Å². The topological polar surface area (TPSA) is 54.1 Å². The molecule has 3 aliphatic rings. The first-order chi connectivity index (χ1) is 11.1. The van der Waals surface area contributed by atoms with Crippen LogP contribution in [0.2, 0.25) is 0 Å². The van der Waals surface area contributed by atoms with Crippen molar-refractivity contribution < 1.29 is 4.74 Å². The third-order valence-electron chi connectivity index (χ3n) is 6.73. The molecule has 0 N–H and O–H groups in total. The Morgan fingerprint density at radius 3 is 2.78 bits per heavy atom. The summed E-state index contributed by atoms with van der Waals surface area (Å²) in [6.45, 7) is 4.37. The summed E-state index contributed by atoms with van der Waals surface area (Å²) in [6, 6.07) is 8.00. The standard InChI is InChI=1S/C19H21N3O/c1-17(10-19(12-23-19)7-6-18(17)4-5-18)11-22-13-21-15-3-2-14(9-20)8-16(15)22/h2-3,8,13H,4-7,10-12H2,1H3/t17-,19-/m0/s1. The van der Waals surface area contributed by atoms with E-state index in [1.807, 2.05) is 24.5 Å². The summed E-state index contributed by atoms with van der Waals surface area (Å²) >= 11 is 0. The molecule has 0 radical (unpaired) electrons. The Bertz CT molecular complexity index is 838. The van der Waals surface area contributed by atoms with Gasteiger partial charge in [-0.05, 0) is 61.1 Å². The van der Waals surface area contributed by atoms with Gasteiger partial charge in [0.2, 0.25) is 0 Å². The summed E-state index contributed by atoms with van der Waals surface area (Å²) in [4.78, 5) is 4.53. The van der Waals surface area contributed by atoms with Gasteiger partial charge in [0.1, 0.15) is 0 Å². The van der Waals surface area contributed by atoms with Gasteiger partial charge in [-0.25, -0.2) is 4.98 Å². The molecular formula is C19H21N3O. The van der Waals surface area contributed by atoms with E-state index in [0.717, 1.165) is 30.6 Å². The zero-order chi connectivity index (χ0) is 15.7. The Labute approximate surface area is 136 Å². The highest BCUT2D eigenvalue weighted by Crippen LogP contribution is 2.70. The van der Waals surface area contributed by atoms with Gasteiger partial charge in [0, 0.05) is 6.54 Å². The summed E-state index contributed by atoms with van der Waals surface area (Å²) in [5.74, 6) is 0. The molecule has 1 aliphatic heterocycles. The van der Waals surface area contributed by atoms with Gasteiger partial charge in [-0.3, -0.25) is 0 Å². The average molecular weight is 307 g/mol. The summed E-state index contributed by atoms with van der Waals surface area (Å²) in [7, 11) is 0. The lowest BCUT2D eigenvalue weighted by Crippen LogP contribution is -2.43. The molecule has 118 valence electrons. The van der Waals surface area contributed by atoms with E-state index in [9.17, 15) is 5.26 Å². The number of aromatic nitrogens is 2. The number of hydrogen-bond donors (Lipinski definition) is 0. The molecule has 4 nitrogen and oxygen atoms in total. The molecule has 0 bridgehead atoms. The monoisotopic (exact) mass is 307 g/mol. The smallest absolute Gasteiger partial charge is 0.0992 e. The van der Waals surface area contributed by atoms with Crippen LogP contribution in [0.3, 0.4) is 0 Å². The van der Waals surface area contributed by atoms with Crippen molar-refractivity contribution in [1.29, 1.82) is 5.26 Å². The third kappa shape index (κ3) is 1.89. The Balaban J connectivity index is 1.54. The molecule has 2 heterocycles. The van der Waals surface area contributed by atoms with Gasteiger partial charge < -0.3 is 9.30 Å². The zero-order valence-electron chi connectivity index (χ0n) is 13.5. The van der Waals surface area contributed by atoms with Crippen LogP contribution in [0.5, 0.6) is 0 Å². The molecule has 4 heteroatoms. The number of ether oxygens (including phenoxy) is 1. The number of hydrogen-bond acceptors (Lipinski definition) is 3.